The van der Waals surface area contributed by atoms with Gasteiger partial charge in [0.05, 0.1) is 4.92 Å². The molecular weight excluding hydrogens is 272 g/mol. The summed E-state index contributed by atoms with van der Waals surface area (Å²) in [6.45, 7) is 1.28. The highest BCUT2D eigenvalue weighted by Crippen LogP contribution is 2.21. The fraction of sp³-hybridized carbons (Fsp3) is 0.417. The second-order valence-corrected chi connectivity index (χ2v) is 4.39. The molecule has 0 amide bonds. The molecule has 0 saturated carbocycles. The van der Waals surface area contributed by atoms with Gasteiger partial charge in [0.25, 0.3) is 5.69 Å². The molecule has 7 heteroatoms. The molecule has 1 aliphatic heterocycles. The molecule has 0 radical (unpaired) electrons. The number of nitro benzene ring substituents is 1. The minimum absolute atomic E-state index is 0. The molecule has 0 aromatic heterocycles. The third-order valence-electron chi connectivity index (χ3n) is 3.18. The minimum atomic E-state index is -0.797. The van der Waals surface area contributed by atoms with Crippen LogP contribution < -0.4 is 0 Å². The molecular formula is C12H15ClN2O4. The maximum absolute atomic E-state index is 11.0. The van der Waals surface area contributed by atoms with Gasteiger partial charge in [0, 0.05) is 18.7 Å². The first-order valence-corrected chi connectivity index (χ1v) is 5.78. The van der Waals surface area contributed by atoms with Crippen LogP contribution in [0.3, 0.4) is 0 Å². The summed E-state index contributed by atoms with van der Waals surface area (Å²) in [6, 6.07) is 5.81. The van der Waals surface area contributed by atoms with Crippen molar-refractivity contribution in [3.05, 3.63) is 39.9 Å². The number of rotatable bonds is 4. The Morgan fingerprint density at radius 2 is 2.05 bits per heavy atom. The maximum Gasteiger partial charge on any atom is 0.320 e. The quantitative estimate of drug-likeness (QED) is 0.676. The third-order valence-corrected chi connectivity index (χ3v) is 3.18. The highest BCUT2D eigenvalue weighted by atomic mass is 35.5. The number of aliphatic carboxylic acids is 1. The molecule has 1 fully saturated rings. The number of carboxylic acids is 1. The molecule has 1 aromatic rings. The van der Waals surface area contributed by atoms with Crippen molar-refractivity contribution in [1.29, 1.82) is 0 Å². The van der Waals surface area contributed by atoms with Gasteiger partial charge in [-0.1, -0.05) is 12.1 Å². The first kappa shape index (κ1) is 15.4. The van der Waals surface area contributed by atoms with Gasteiger partial charge in [-0.3, -0.25) is 19.8 Å². The maximum atomic E-state index is 11.0. The number of nitro groups is 1. The average molecular weight is 287 g/mol. The minimum Gasteiger partial charge on any atom is -0.480 e. The van der Waals surface area contributed by atoms with Gasteiger partial charge in [0.1, 0.15) is 6.04 Å². The van der Waals surface area contributed by atoms with Crippen molar-refractivity contribution >= 4 is 24.1 Å². The summed E-state index contributed by atoms with van der Waals surface area (Å²) < 4.78 is 0. The fourth-order valence-corrected chi connectivity index (χ4v) is 2.25. The van der Waals surface area contributed by atoms with Crippen LogP contribution in [0.15, 0.2) is 24.3 Å². The lowest BCUT2D eigenvalue weighted by atomic mass is 10.1. The van der Waals surface area contributed by atoms with Gasteiger partial charge in [-0.25, -0.2) is 0 Å². The summed E-state index contributed by atoms with van der Waals surface area (Å²) >= 11 is 0. The monoisotopic (exact) mass is 286 g/mol. The van der Waals surface area contributed by atoms with Crippen molar-refractivity contribution in [3.63, 3.8) is 0 Å². The van der Waals surface area contributed by atoms with E-state index in [1.165, 1.54) is 12.1 Å². The van der Waals surface area contributed by atoms with Crippen LogP contribution in [0.4, 0.5) is 5.69 Å². The van der Waals surface area contributed by atoms with E-state index in [-0.39, 0.29) is 18.1 Å². The molecule has 1 N–H and O–H groups in total. The zero-order valence-electron chi connectivity index (χ0n) is 10.2. The van der Waals surface area contributed by atoms with Crippen molar-refractivity contribution in [2.75, 3.05) is 6.54 Å². The number of likely N-dealkylation sites (tertiary alicyclic amines) is 1. The van der Waals surface area contributed by atoms with E-state index in [1.54, 1.807) is 12.1 Å². The summed E-state index contributed by atoms with van der Waals surface area (Å²) in [7, 11) is 0. The van der Waals surface area contributed by atoms with Crippen LogP contribution in [0.5, 0.6) is 0 Å². The van der Waals surface area contributed by atoms with Crippen molar-refractivity contribution < 1.29 is 14.8 Å². The summed E-state index contributed by atoms with van der Waals surface area (Å²) in [5.41, 5.74) is 0.948. The van der Waals surface area contributed by atoms with E-state index < -0.39 is 16.9 Å². The highest BCUT2D eigenvalue weighted by Gasteiger charge is 2.30. The van der Waals surface area contributed by atoms with Gasteiger partial charge in [-0.2, -0.15) is 0 Å². The third kappa shape index (κ3) is 3.65. The Balaban J connectivity index is 0.00000180. The number of benzene rings is 1. The average Bonchev–Trinajstić information content (AvgIpc) is 2.78. The van der Waals surface area contributed by atoms with E-state index in [9.17, 15) is 14.9 Å². The fourth-order valence-electron chi connectivity index (χ4n) is 2.25. The highest BCUT2D eigenvalue weighted by molar-refractivity contribution is 5.85. The predicted molar refractivity (Wildman–Crippen MR) is 71.4 cm³/mol. The molecule has 104 valence electrons. The largest absolute Gasteiger partial charge is 0.480 e. The van der Waals surface area contributed by atoms with Gasteiger partial charge in [0.15, 0.2) is 0 Å². The van der Waals surface area contributed by atoms with Gasteiger partial charge in [-0.15, -0.1) is 12.4 Å². The number of hydrogen-bond acceptors (Lipinski definition) is 4. The van der Waals surface area contributed by atoms with E-state index >= 15 is 0 Å². The molecule has 1 aliphatic rings. The Labute approximate surface area is 116 Å². The van der Waals surface area contributed by atoms with E-state index in [0.29, 0.717) is 13.0 Å². The van der Waals surface area contributed by atoms with Gasteiger partial charge >= 0.3 is 5.97 Å². The van der Waals surface area contributed by atoms with Crippen LogP contribution in [-0.4, -0.2) is 33.5 Å². The second-order valence-electron chi connectivity index (χ2n) is 4.39. The second kappa shape index (κ2) is 6.49. The normalized spacial score (nSPS) is 18.8. The van der Waals surface area contributed by atoms with Crippen LogP contribution in [0, 0.1) is 10.1 Å². The van der Waals surface area contributed by atoms with Crippen molar-refractivity contribution in [2.45, 2.75) is 25.4 Å². The Morgan fingerprint density at radius 3 is 2.58 bits per heavy atom. The first-order chi connectivity index (χ1) is 8.58. The van der Waals surface area contributed by atoms with Gasteiger partial charge in [0.2, 0.25) is 0 Å². The number of carbonyl (C=O) groups is 1. The molecule has 1 heterocycles. The van der Waals surface area contributed by atoms with E-state index in [0.717, 1.165) is 18.5 Å². The molecule has 1 unspecified atom stereocenters. The molecule has 19 heavy (non-hydrogen) atoms. The molecule has 0 spiro atoms. The van der Waals surface area contributed by atoms with Crippen molar-refractivity contribution in [2.24, 2.45) is 0 Å². The SMILES string of the molecule is Cl.O=C(O)C1CCCN1Cc1ccc([N+](=O)[O-])cc1. The van der Waals surface area contributed by atoms with Crippen LogP contribution in [0.1, 0.15) is 18.4 Å². The lowest BCUT2D eigenvalue weighted by molar-refractivity contribution is -0.384. The Bertz CT molecular complexity index is 463. The number of hydrogen-bond donors (Lipinski definition) is 1. The molecule has 1 saturated heterocycles. The summed E-state index contributed by atoms with van der Waals surface area (Å²) in [6.07, 6.45) is 1.55. The number of halogens is 1. The van der Waals surface area contributed by atoms with Crippen LogP contribution in [-0.2, 0) is 11.3 Å². The lowest BCUT2D eigenvalue weighted by Crippen LogP contribution is -2.35. The zero-order chi connectivity index (χ0) is 13.1. The van der Waals surface area contributed by atoms with Gasteiger partial charge in [-0.05, 0) is 24.9 Å². The Morgan fingerprint density at radius 1 is 1.42 bits per heavy atom. The molecule has 6 nitrogen and oxygen atoms in total. The van der Waals surface area contributed by atoms with Crippen molar-refractivity contribution in [3.8, 4) is 0 Å². The molecule has 0 aliphatic carbocycles. The summed E-state index contributed by atoms with van der Waals surface area (Å²) in [4.78, 5) is 23.0. The smallest absolute Gasteiger partial charge is 0.320 e. The van der Waals surface area contributed by atoms with Crippen LogP contribution in [0.25, 0.3) is 0 Å². The van der Waals surface area contributed by atoms with E-state index in [1.807, 2.05) is 4.90 Å². The molecule has 2 rings (SSSR count). The van der Waals surface area contributed by atoms with Crippen LogP contribution >= 0.6 is 12.4 Å². The summed E-state index contributed by atoms with van der Waals surface area (Å²) in [5.74, 6) is -0.797. The number of nitrogens with zero attached hydrogens (tertiary/aromatic N) is 2. The Kier molecular flexibility index (Phi) is 5.26. The summed E-state index contributed by atoms with van der Waals surface area (Å²) in [5, 5.41) is 19.6. The van der Waals surface area contributed by atoms with E-state index in [4.69, 9.17) is 5.11 Å². The topological polar surface area (TPSA) is 83.7 Å². The molecule has 1 aromatic carbocycles. The number of carboxylic acid groups (broad SMARTS) is 1. The Hall–Kier alpha value is -1.66. The lowest BCUT2D eigenvalue weighted by Gasteiger charge is -2.20. The predicted octanol–water partition coefficient (Wildman–Crippen LogP) is 2.07. The molecule has 0 bridgehead atoms. The van der Waals surface area contributed by atoms with Crippen LogP contribution in [0.2, 0.25) is 0 Å². The molecule has 1 atom stereocenters. The standard InChI is InChI=1S/C12H14N2O4.ClH/c15-12(16)11-2-1-7-13(11)8-9-3-5-10(6-4-9)14(17)18;/h3-6,11H,1-2,7-8H2,(H,15,16);1H. The zero-order valence-corrected chi connectivity index (χ0v) is 11.0. The van der Waals surface area contributed by atoms with E-state index in [2.05, 4.69) is 0 Å². The van der Waals surface area contributed by atoms with Crippen molar-refractivity contribution in [1.82, 2.24) is 4.90 Å². The van der Waals surface area contributed by atoms with Gasteiger partial charge < -0.3 is 5.11 Å². The first-order valence-electron chi connectivity index (χ1n) is 5.78. The number of non-ortho nitro benzene ring substituents is 1.